The topological polar surface area (TPSA) is 70.5 Å². The summed E-state index contributed by atoms with van der Waals surface area (Å²) in [7, 11) is 0. The van der Waals surface area contributed by atoms with E-state index in [0.717, 1.165) is 32.5 Å². The smallest absolute Gasteiger partial charge is 0.166 e. The van der Waals surface area contributed by atoms with Crippen LogP contribution in [-0.2, 0) is 9.47 Å². The minimum Gasteiger partial charge on any atom is -0.382 e. The van der Waals surface area contributed by atoms with Gasteiger partial charge in [-0.2, -0.15) is 0 Å². The molecule has 0 fully saturated rings. The Morgan fingerprint density at radius 1 is 1.00 bits per heavy atom. The highest BCUT2D eigenvalue weighted by molar-refractivity contribution is 4.53. The van der Waals surface area contributed by atoms with Gasteiger partial charge in [0.1, 0.15) is 0 Å². The van der Waals surface area contributed by atoms with Gasteiger partial charge in [-0.05, 0) is 26.7 Å². The van der Waals surface area contributed by atoms with Gasteiger partial charge in [-0.15, -0.1) is 0 Å². The average Bonchev–Trinajstić information content (AvgIpc) is 2.08. The Hall–Kier alpha value is -0.160. The molecule has 14 heavy (non-hydrogen) atoms. The molecule has 4 N–H and O–H groups in total. The molecular formula is C10H24N2O2. The molecule has 0 aromatic rings. The van der Waals surface area contributed by atoms with Crippen molar-refractivity contribution in [3.63, 3.8) is 0 Å². The van der Waals surface area contributed by atoms with Crippen LogP contribution in [0.3, 0.4) is 0 Å². The molecule has 0 rings (SSSR count). The molecule has 86 valence electrons. The minimum atomic E-state index is -0.981. The Morgan fingerprint density at radius 3 is 2.07 bits per heavy atom. The van der Waals surface area contributed by atoms with Crippen molar-refractivity contribution in [2.24, 2.45) is 11.5 Å². The van der Waals surface area contributed by atoms with E-state index in [0.29, 0.717) is 6.61 Å². The van der Waals surface area contributed by atoms with Crippen molar-refractivity contribution in [3.8, 4) is 0 Å². The lowest BCUT2D eigenvalue weighted by molar-refractivity contribution is -0.0240. The summed E-state index contributed by atoms with van der Waals surface area (Å²) in [5, 5.41) is 0. The number of ether oxygens (including phenoxy) is 2. The van der Waals surface area contributed by atoms with Crippen molar-refractivity contribution in [2.75, 3.05) is 19.8 Å². The highest BCUT2D eigenvalue weighted by Gasteiger charge is 2.09. The summed E-state index contributed by atoms with van der Waals surface area (Å²) in [6.07, 6.45) is 4.45. The van der Waals surface area contributed by atoms with Crippen LogP contribution in [0.2, 0.25) is 0 Å². The molecule has 0 aromatic carbocycles. The zero-order valence-corrected chi connectivity index (χ0v) is 9.42. The lowest BCUT2D eigenvalue weighted by Gasteiger charge is -2.18. The normalized spacial score (nSPS) is 12.0. The van der Waals surface area contributed by atoms with Gasteiger partial charge in [0.05, 0.1) is 6.61 Å². The van der Waals surface area contributed by atoms with Crippen LogP contribution in [0.4, 0.5) is 0 Å². The van der Waals surface area contributed by atoms with E-state index < -0.39 is 5.85 Å². The van der Waals surface area contributed by atoms with Gasteiger partial charge >= 0.3 is 0 Å². The van der Waals surface area contributed by atoms with Crippen molar-refractivity contribution in [1.29, 1.82) is 0 Å². The Balaban J connectivity index is 2.99. The quantitative estimate of drug-likeness (QED) is 0.437. The molecule has 0 saturated heterocycles. The first kappa shape index (κ1) is 13.8. The van der Waals surface area contributed by atoms with Gasteiger partial charge < -0.3 is 9.47 Å². The van der Waals surface area contributed by atoms with Gasteiger partial charge in [-0.25, -0.2) is 0 Å². The van der Waals surface area contributed by atoms with Gasteiger partial charge in [-0.1, -0.05) is 12.8 Å². The maximum atomic E-state index is 5.45. The van der Waals surface area contributed by atoms with E-state index in [-0.39, 0.29) is 0 Å². The van der Waals surface area contributed by atoms with Crippen LogP contribution in [-0.4, -0.2) is 25.7 Å². The molecule has 4 nitrogen and oxygen atoms in total. The molecule has 4 heteroatoms. The summed E-state index contributed by atoms with van der Waals surface area (Å²) in [4.78, 5) is 0. The van der Waals surface area contributed by atoms with Crippen LogP contribution in [0.1, 0.15) is 39.5 Å². The lowest BCUT2D eigenvalue weighted by atomic mass is 10.2. The van der Waals surface area contributed by atoms with Crippen LogP contribution in [0, 0.1) is 0 Å². The molecule has 0 heterocycles. The Morgan fingerprint density at radius 2 is 1.57 bits per heavy atom. The third-order valence-electron chi connectivity index (χ3n) is 1.80. The molecule has 0 radical (unpaired) electrons. The summed E-state index contributed by atoms with van der Waals surface area (Å²) < 4.78 is 10.4. The molecule has 0 aliphatic rings. The predicted molar refractivity (Wildman–Crippen MR) is 57.7 cm³/mol. The van der Waals surface area contributed by atoms with E-state index in [1.165, 1.54) is 6.42 Å². The van der Waals surface area contributed by atoms with E-state index in [2.05, 4.69) is 0 Å². The summed E-state index contributed by atoms with van der Waals surface area (Å²) in [6, 6.07) is 0. The van der Waals surface area contributed by atoms with E-state index in [1.54, 1.807) is 6.92 Å². The number of unbranched alkanes of at least 4 members (excludes halogenated alkanes) is 3. The first-order valence-electron chi connectivity index (χ1n) is 5.35. The Kier molecular flexibility index (Phi) is 8.08. The second kappa shape index (κ2) is 8.17. The fourth-order valence-electron chi connectivity index (χ4n) is 1.10. The molecule has 0 aromatic heterocycles. The second-order valence-corrected chi connectivity index (χ2v) is 3.64. The third-order valence-corrected chi connectivity index (χ3v) is 1.80. The van der Waals surface area contributed by atoms with Crippen molar-refractivity contribution in [1.82, 2.24) is 0 Å². The first-order valence-corrected chi connectivity index (χ1v) is 5.35. The standard InChI is InChI=1S/C10H24N2O2/c1-3-13-8-6-4-5-7-9-14-10(2,11)12/h3-9,11-12H2,1-2H3. The lowest BCUT2D eigenvalue weighted by Crippen LogP contribution is -2.48. The number of hydrogen-bond donors (Lipinski definition) is 2. The molecule has 0 spiro atoms. The minimum absolute atomic E-state index is 0.637. The van der Waals surface area contributed by atoms with E-state index in [4.69, 9.17) is 20.9 Å². The zero-order valence-electron chi connectivity index (χ0n) is 9.42. The fraction of sp³-hybridized carbons (Fsp3) is 1.00. The fourth-order valence-corrected chi connectivity index (χ4v) is 1.10. The molecule has 0 amide bonds. The highest BCUT2D eigenvalue weighted by Crippen LogP contribution is 2.02. The maximum absolute atomic E-state index is 5.45. The van der Waals surface area contributed by atoms with Crippen molar-refractivity contribution in [2.45, 2.75) is 45.4 Å². The van der Waals surface area contributed by atoms with Gasteiger partial charge in [0.15, 0.2) is 5.85 Å². The van der Waals surface area contributed by atoms with Crippen LogP contribution in [0.15, 0.2) is 0 Å². The van der Waals surface area contributed by atoms with Crippen molar-refractivity contribution >= 4 is 0 Å². The number of nitrogens with two attached hydrogens (primary N) is 2. The zero-order chi connectivity index (χ0) is 10.9. The van der Waals surface area contributed by atoms with Gasteiger partial charge in [0, 0.05) is 13.2 Å². The van der Waals surface area contributed by atoms with Crippen molar-refractivity contribution in [3.05, 3.63) is 0 Å². The van der Waals surface area contributed by atoms with Gasteiger partial charge in [0.2, 0.25) is 0 Å². The molecular weight excluding hydrogens is 180 g/mol. The van der Waals surface area contributed by atoms with Crippen LogP contribution in [0.5, 0.6) is 0 Å². The monoisotopic (exact) mass is 204 g/mol. The molecule has 0 aliphatic heterocycles. The third kappa shape index (κ3) is 11.8. The molecule has 0 atom stereocenters. The molecule has 0 bridgehead atoms. The first-order chi connectivity index (χ1) is 6.56. The molecule has 0 saturated carbocycles. The SMILES string of the molecule is CCOCCCCCCOC(C)(N)N. The summed E-state index contributed by atoms with van der Waals surface area (Å²) in [5.41, 5.74) is 10.9. The van der Waals surface area contributed by atoms with E-state index in [1.807, 2.05) is 6.92 Å². The number of rotatable bonds is 9. The summed E-state index contributed by atoms with van der Waals surface area (Å²) in [6.45, 7) is 5.97. The Bertz CT molecular complexity index is 124. The highest BCUT2D eigenvalue weighted by atomic mass is 16.5. The summed E-state index contributed by atoms with van der Waals surface area (Å²) in [5.74, 6) is -0.981. The van der Waals surface area contributed by atoms with Crippen LogP contribution < -0.4 is 11.5 Å². The van der Waals surface area contributed by atoms with Crippen LogP contribution in [0.25, 0.3) is 0 Å². The van der Waals surface area contributed by atoms with Gasteiger partial charge in [-0.3, -0.25) is 11.5 Å². The predicted octanol–water partition coefficient (Wildman–Crippen LogP) is 1.19. The molecule has 0 unspecified atom stereocenters. The van der Waals surface area contributed by atoms with E-state index in [9.17, 15) is 0 Å². The molecule has 0 aliphatic carbocycles. The Labute approximate surface area is 86.9 Å². The maximum Gasteiger partial charge on any atom is 0.166 e. The second-order valence-electron chi connectivity index (χ2n) is 3.64. The van der Waals surface area contributed by atoms with E-state index >= 15 is 0 Å². The average molecular weight is 204 g/mol. The summed E-state index contributed by atoms with van der Waals surface area (Å²) >= 11 is 0. The van der Waals surface area contributed by atoms with Gasteiger partial charge in [0.25, 0.3) is 0 Å². The largest absolute Gasteiger partial charge is 0.382 e. The van der Waals surface area contributed by atoms with Crippen molar-refractivity contribution < 1.29 is 9.47 Å². The number of hydrogen-bond acceptors (Lipinski definition) is 4. The van der Waals surface area contributed by atoms with Crippen LogP contribution >= 0.6 is 0 Å².